The monoisotopic (exact) mass is 550 g/mol. The van der Waals surface area contributed by atoms with Gasteiger partial charge in [-0.2, -0.15) is 14.6 Å². The number of ether oxygens (including phenoxy) is 2. The van der Waals surface area contributed by atoms with E-state index in [4.69, 9.17) is 14.6 Å². The van der Waals surface area contributed by atoms with Crippen LogP contribution in [0, 0.1) is 10.1 Å². The third-order valence-corrected chi connectivity index (χ3v) is 7.36. The van der Waals surface area contributed by atoms with Crippen molar-refractivity contribution in [3.63, 3.8) is 0 Å². The second-order valence-electron chi connectivity index (χ2n) is 8.96. The fourth-order valence-electron chi connectivity index (χ4n) is 4.44. The van der Waals surface area contributed by atoms with E-state index in [1.807, 2.05) is 60.8 Å². The van der Waals surface area contributed by atoms with Crippen molar-refractivity contribution in [2.45, 2.75) is 6.10 Å². The van der Waals surface area contributed by atoms with E-state index < -0.39 is 11.0 Å². The van der Waals surface area contributed by atoms with Crippen LogP contribution in [0.1, 0.15) is 17.5 Å². The van der Waals surface area contributed by atoms with E-state index in [0.717, 1.165) is 5.69 Å². The molecule has 196 valence electrons. The van der Waals surface area contributed by atoms with Crippen LogP contribution in [0.4, 0.5) is 5.69 Å². The number of para-hydroxylation sites is 3. The number of hydrogen-bond donors (Lipinski definition) is 0. The molecule has 1 atom stereocenters. The molecule has 3 aromatic heterocycles. The smallest absolute Gasteiger partial charge is 0.291 e. The van der Waals surface area contributed by atoms with Crippen LogP contribution in [-0.2, 0) is 0 Å². The lowest BCUT2D eigenvalue weighted by molar-refractivity contribution is -0.384. The van der Waals surface area contributed by atoms with Crippen LogP contribution in [0.25, 0.3) is 28.0 Å². The zero-order valence-corrected chi connectivity index (χ0v) is 21.4. The molecule has 3 aromatic carbocycles. The van der Waals surface area contributed by atoms with Gasteiger partial charge in [0.25, 0.3) is 11.2 Å². The standard InChI is InChI=1S/C28H18N6O5S/c35-27-24(40-28-29-26(31-33(27)28)23-16-38-21-8-4-5-9-22(21)39-23)14-18-15-32(19-6-2-1-3-7-19)30-25(18)17-10-12-20(13-11-17)34(36)37/h1-15,23H,16H2/b24-14-. The predicted octanol–water partition coefficient (Wildman–Crippen LogP) is 3.97. The number of nitro groups is 1. The van der Waals surface area contributed by atoms with E-state index in [1.165, 1.54) is 28.0 Å². The van der Waals surface area contributed by atoms with E-state index in [9.17, 15) is 14.9 Å². The maximum Gasteiger partial charge on any atom is 0.291 e. The second-order valence-corrected chi connectivity index (χ2v) is 9.97. The molecule has 0 saturated carbocycles. The van der Waals surface area contributed by atoms with Gasteiger partial charge >= 0.3 is 0 Å². The van der Waals surface area contributed by atoms with Gasteiger partial charge in [0.05, 0.1) is 15.1 Å². The Morgan fingerprint density at radius 3 is 2.48 bits per heavy atom. The van der Waals surface area contributed by atoms with Gasteiger partial charge in [-0.1, -0.05) is 41.7 Å². The topological polar surface area (TPSA) is 127 Å². The lowest BCUT2D eigenvalue weighted by Gasteiger charge is -2.24. The fraction of sp³-hybridized carbons (Fsp3) is 0.0714. The summed E-state index contributed by atoms with van der Waals surface area (Å²) in [6.45, 7) is 0.235. The zero-order chi connectivity index (χ0) is 27.2. The lowest BCUT2D eigenvalue weighted by Crippen LogP contribution is -2.26. The Morgan fingerprint density at radius 1 is 0.975 bits per heavy atom. The number of nitro benzene ring substituents is 1. The minimum absolute atomic E-state index is 0.0178. The van der Waals surface area contributed by atoms with E-state index in [2.05, 4.69) is 10.1 Å². The van der Waals surface area contributed by atoms with E-state index in [-0.39, 0.29) is 17.9 Å². The first-order chi connectivity index (χ1) is 19.5. The van der Waals surface area contributed by atoms with Gasteiger partial charge in [-0.15, -0.1) is 5.10 Å². The molecule has 11 nitrogen and oxygen atoms in total. The Hall–Kier alpha value is -5.36. The summed E-state index contributed by atoms with van der Waals surface area (Å²) in [5.74, 6) is 1.62. The van der Waals surface area contributed by atoms with Crippen molar-refractivity contribution in [3.8, 4) is 28.4 Å². The maximum absolute atomic E-state index is 13.3. The summed E-state index contributed by atoms with van der Waals surface area (Å²) >= 11 is 1.20. The molecular formula is C28H18N6O5S. The number of aromatic nitrogens is 5. The van der Waals surface area contributed by atoms with Gasteiger partial charge in [0.2, 0.25) is 4.96 Å². The molecule has 0 aliphatic carbocycles. The van der Waals surface area contributed by atoms with Crippen LogP contribution in [0.3, 0.4) is 0 Å². The SMILES string of the molecule is O=c1/c(=C/c2cn(-c3ccccc3)nc2-c2ccc([N+](=O)[O-])cc2)sc2nc(C3COc4ccccc4O3)nn12. The van der Waals surface area contributed by atoms with Crippen LogP contribution in [-0.4, -0.2) is 35.9 Å². The normalized spacial score (nSPS) is 15.0. The molecule has 4 heterocycles. The molecule has 7 rings (SSSR count). The minimum atomic E-state index is -0.535. The third kappa shape index (κ3) is 4.16. The van der Waals surface area contributed by atoms with Crippen LogP contribution in [0.15, 0.2) is 89.9 Å². The molecule has 0 spiro atoms. The van der Waals surface area contributed by atoms with Gasteiger partial charge in [-0.25, -0.2) is 4.68 Å². The first-order valence-electron chi connectivity index (χ1n) is 12.2. The first kappa shape index (κ1) is 23.7. The highest BCUT2D eigenvalue weighted by Gasteiger charge is 2.27. The minimum Gasteiger partial charge on any atom is -0.485 e. The molecule has 6 aromatic rings. The quantitative estimate of drug-likeness (QED) is 0.233. The summed E-state index contributed by atoms with van der Waals surface area (Å²) in [7, 11) is 0. The molecule has 1 unspecified atom stereocenters. The van der Waals surface area contributed by atoms with E-state index >= 15 is 0 Å². The Kier molecular flexibility index (Phi) is 5.60. The van der Waals surface area contributed by atoms with Crippen LogP contribution >= 0.6 is 11.3 Å². The summed E-state index contributed by atoms with van der Waals surface area (Å²) < 4.78 is 15.2. The van der Waals surface area contributed by atoms with Crippen molar-refractivity contribution in [3.05, 3.63) is 121 Å². The summed E-state index contributed by atoms with van der Waals surface area (Å²) in [4.78, 5) is 29.0. The Morgan fingerprint density at radius 2 is 1.73 bits per heavy atom. The molecule has 0 amide bonds. The van der Waals surface area contributed by atoms with Crippen molar-refractivity contribution >= 4 is 28.1 Å². The number of non-ortho nitro benzene ring substituents is 1. The molecule has 0 radical (unpaired) electrons. The number of benzene rings is 3. The average molecular weight is 551 g/mol. The summed E-state index contributed by atoms with van der Waals surface area (Å²) in [5, 5.41) is 20.3. The molecule has 1 aliphatic heterocycles. The number of hydrogen-bond acceptors (Lipinski definition) is 9. The molecule has 0 N–H and O–H groups in total. The predicted molar refractivity (Wildman–Crippen MR) is 147 cm³/mol. The number of thiazole rings is 1. The highest BCUT2D eigenvalue weighted by atomic mass is 32.1. The van der Waals surface area contributed by atoms with Gasteiger partial charge in [-0.05, 0) is 42.5 Å². The fourth-order valence-corrected chi connectivity index (χ4v) is 5.35. The van der Waals surface area contributed by atoms with Crippen molar-refractivity contribution < 1.29 is 14.4 Å². The van der Waals surface area contributed by atoms with Gasteiger partial charge in [0, 0.05) is 29.5 Å². The summed E-state index contributed by atoms with van der Waals surface area (Å²) in [6, 6.07) is 23.0. The van der Waals surface area contributed by atoms with Crippen molar-refractivity contribution in [2.24, 2.45) is 0 Å². The highest BCUT2D eigenvalue weighted by Crippen LogP contribution is 2.35. The summed E-state index contributed by atoms with van der Waals surface area (Å²) in [5.41, 5.74) is 2.41. The highest BCUT2D eigenvalue weighted by molar-refractivity contribution is 7.15. The van der Waals surface area contributed by atoms with Gasteiger partial charge < -0.3 is 9.47 Å². The molecule has 0 fully saturated rings. The average Bonchev–Trinajstić information content (AvgIpc) is 3.68. The van der Waals surface area contributed by atoms with Crippen molar-refractivity contribution in [2.75, 3.05) is 6.61 Å². The second kappa shape index (κ2) is 9.43. The molecule has 0 saturated heterocycles. The first-order valence-corrected chi connectivity index (χ1v) is 13.0. The van der Waals surface area contributed by atoms with Crippen LogP contribution < -0.4 is 19.6 Å². The Bertz CT molecular complexity index is 2000. The van der Waals surface area contributed by atoms with Gasteiger partial charge in [-0.3, -0.25) is 14.9 Å². The van der Waals surface area contributed by atoms with E-state index in [1.54, 1.807) is 22.9 Å². The van der Waals surface area contributed by atoms with Gasteiger partial charge in [0.1, 0.15) is 12.3 Å². The number of rotatable bonds is 5. The lowest BCUT2D eigenvalue weighted by atomic mass is 10.1. The molecule has 0 bridgehead atoms. The van der Waals surface area contributed by atoms with Crippen molar-refractivity contribution in [1.29, 1.82) is 0 Å². The van der Waals surface area contributed by atoms with E-state index in [0.29, 0.717) is 43.6 Å². The molecular weight excluding hydrogens is 532 g/mol. The summed E-state index contributed by atoms with van der Waals surface area (Å²) in [6.07, 6.45) is 3.02. The largest absolute Gasteiger partial charge is 0.485 e. The molecule has 40 heavy (non-hydrogen) atoms. The van der Waals surface area contributed by atoms with Crippen LogP contribution in [0.5, 0.6) is 11.5 Å². The Balaban J connectivity index is 1.28. The number of fused-ring (bicyclic) bond motifs is 2. The maximum atomic E-state index is 13.3. The number of nitrogens with zero attached hydrogens (tertiary/aromatic N) is 6. The Labute approximate surface area is 229 Å². The van der Waals surface area contributed by atoms with Crippen LogP contribution in [0.2, 0.25) is 0 Å². The molecule has 1 aliphatic rings. The van der Waals surface area contributed by atoms with Gasteiger partial charge in [0.15, 0.2) is 23.4 Å². The molecule has 12 heteroatoms. The van der Waals surface area contributed by atoms with Crippen molar-refractivity contribution in [1.82, 2.24) is 24.4 Å². The third-order valence-electron chi connectivity index (χ3n) is 6.40. The zero-order valence-electron chi connectivity index (χ0n) is 20.6.